The lowest BCUT2D eigenvalue weighted by Gasteiger charge is -2.23. The van der Waals surface area contributed by atoms with Crippen molar-refractivity contribution in [1.29, 1.82) is 0 Å². The van der Waals surface area contributed by atoms with Gasteiger partial charge in [0.15, 0.2) is 0 Å². The van der Waals surface area contributed by atoms with Gasteiger partial charge in [-0.3, -0.25) is 4.90 Å². The first-order valence-corrected chi connectivity index (χ1v) is 7.99. The Morgan fingerprint density at radius 3 is 2.77 bits per heavy atom. The molecule has 3 rings (SSSR count). The molecule has 2 fully saturated rings. The van der Waals surface area contributed by atoms with Crippen molar-refractivity contribution in [3.8, 4) is 5.75 Å². The van der Waals surface area contributed by atoms with Gasteiger partial charge in [0.05, 0.1) is 18.8 Å². The highest BCUT2D eigenvalue weighted by atomic mass is 16.6. The summed E-state index contributed by atoms with van der Waals surface area (Å²) in [5, 5.41) is 10.4. The highest BCUT2D eigenvalue weighted by Crippen LogP contribution is 2.39. The Morgan fingerprint density at radius 1 is 1.32 bits per heavy atom. The zero-order valence-electron chi connectivity index (χ0n) is 13.0. The second-order valence-electron chi connectivity index (χ2n) is 6.15. The Balaban J connectivity index is 1.75. The van der Waals surface area contributed by atoms with Crippen molar-refractivity contribution in [1.82, 2.24) is 0 Å². The first-order chi connectivity index (χ1) is 10.7. The maximum Gasteiger partial charge on any atom is 0.414 e. The van der Waals surface area contributed by atoms with Gasteiger partial charge in [0, 0.05) is 13.2 Å². The Bertz CT molecular complexity index is 539. The molecule has 120 valence electrons. The van der Waals surface area contributed by atoms with Crippen LogP contribution in [0.25, 0.3) is 0 Å². The second kappa shape index (κ2) is 6.57. The molecular weight excluding hydrogens is 282 g/mol. The molecule has 1 saturated carbocycles. The van der Waals surface area contributed by atoms with E-state index in [4.69, 9.17) is 9.47 Å². The van der Waals surface area contributed by atoms with Gasteiger partial charge in [0.1, 0.15) is 11.9 Å². The van der Waals surface area contributed by atoms with E-state index in [0.717, 1.165) is 18.4 Å². The molecule has 5 heteroatoms. The minimum atomic E-state index is -0.383. The Kier molecular flexibility index (Phi) is 4.52. The van der Waals surface area contributed by atoms with Crippen LogP contribution in [0.15, 0.2) is 18.2 Å². The number of phenolic OH excluding ortho intramolecular Hbond substituents is 1. The number of aromatic hydroxyl groups is 1. The standard InChI is InChI=1S/C17H23NO4/c1-21-11-14-10-18(17(20)22-14)13-7-8-15(16(19)9-13)12-5-3-2-4-6-12/h7-9,12,14,19H,2-6,10-11H2,1H3. The molecule has 1 amide bonds. The molecular formula is C17H23NO4. The lowest BCUT2D eigenvalue weighted by atomic mass is 9.83. The lowest BCUT2D eigenvalue weighted by molar-refractivity contribution is 0.0718. The fraction of sp³-hybridized carbons (Fsp3) is 0.588. The van der Waals surface area contributed by atoms with Crippen LogP contribution in [0.5, 0.6) is 5.75 Å². The zero-order valence-corrected chi connectivity index (χ0v) is 13.0. The maximum atomic E-state index is 11.9. The molecule has 2 aliphatic rings. The number of methoxy groups -OCH3 is 1. The Labute approximate surface area is 130 Å². The number of nitrogens with zero attached hydrogens (tertiary/aromatic N) is 1. The number of hydrogen-bond acceptors (Lipinski definition) is 4. The maximum absolute atomic E-state index is 11.9. The van der Waals surface area contributed by atoms with Crippen LogP contribution in [0.3, 0.4) is 0 Å². The number of cyclic esters (lactones) is 1. The summed E-state index contributed by atoms with van der Waals surface area (Å²) in [6.45, 7) is 0.837. The van der Waals surface area contributed by atoms with Crippen LogP contribution in [0.4, 0.5) is 10.5 Å². The molecule has 0 bridgehead atoms. The average Bonchev–Trinajstić information content (AvgIpc) is 2.89. The van der Waals surface area contributed by atoms with E-state index in [0.29, 0.717) is 24.8 Å². The van der Waals surface area contributed by atoms with Crippen molar-refractivity contribution < 1.29 is 19.4 Å². The smallest absolute Gasteiger partial charge is 0.414 e. The monoisotopic (exact) mass is 305 g/mol. The highest BCUT2D eigenvalue weighted by molar-refractivity contribution is 5.90. The summed E-state index contributed by atoms with van der Waals surface area (Å²) in [7, 11) is 1.58. The van der Waals surface area contributed by atoms with Crippen LogP contribution in [0.2, 0.25) is 0 Å². The Morgan fingerprint density at radius 2 is 2.09 bits per heavy atom. The van der Waals surface area contributed by atoms with Gasteiger partial charge in [-0.05, 0) is 30.4 Å². The normalized spacial score (nSPS) is 22.9. The lowest BCUT2D eigenvalue weighted by Crippen LogP contribution is -2.25. The van der Waals surface area contributed by atoms with E-state index in [1.54, 1.807) is 18.1 Å². The van der Waals surface area contributed by atoms with Crippen molar-refractivity contribution in [3.63, 3.8) is 0 Å². The van der Waals surface area contributed by atoms with E-state index in [-0.39, 0.29) is 17.9 Å². The van der Waals surface area contributed by atoms with Crippen molar-refractivity contribution >= 4 is 11.8 Å². The minimum Gasteiger partial charge on any atom is -0.508 e. The molecule has 1 aromatic rings. The van der Waals surface area contributed by atoms with Crippen molar-refractivity contribution in [3.05, 3.63) is 23.8 Å². The fourth-order valence-electron chi connectivity index (χ4n) is 3.46. The third-order valence-corrected chi connectivity index (χ3v) is 4.60. The van der Waals surface area contributed by atoms with E-state index >= 15 is 0 Å². The van der Waals surface area contributed by atoms with Gasteiger partial charge in [-0.25, -0.2) is 4.79 Å². The number of carbonyl (C=O) groups is 1. The minimum absolute atomic E-state index is 0.252. The summed E-state index contributed by atoms with van der Waals surface area (Å²) < 4.78 is 10.3. The van der Waals surface area contributed by atoms with Gasteiger partial charge in [0.2, 0.25) is 0 Å². The topological polar surface area (TPSA) is 59.0 Å². The quantitative estimate of drug-likeness (QED) is 0.926. The summed E-state index contributed by atoms with van der Waals surface area (Å²) in [5.74, 6) is 0.724. The van der Waals surface area contributed by atoms with E-state index in [1.165, 1.54) is 19.3 Å². The van der Waals surface area contributed by atoms with Gasteiger partial charge < -0.3 is 14.6 Å². The third kappa shape index (κ3) is 3.04. The van der Waals surface area contributed by atoms with Crippen molar-refractivity contribution in [2.75, 3.05) is 25.2 Å². The summed E-state index contributed by atoms with van der Waals surface area (Å²) in [4.78, 5) is 13.5. The number of carbonyl (C=O) groups excluding carboxylic acids is 1. The van der Waals surface area contributed by atoms with Gasteiger partial charge >= 0.3 is 6.09 Å². The number of benzene rings is 1. The fourth-order valence-corrected chi connectivity index (χ4v) is 3.46. The molecule has 1 atom stereocenters. The molecule has 0 aromatic heterocycles. The predicted octanol–water partition coefficient (Wildman–Crippen LogP) is 3.41. The van der Waals surface area contributed by atoms with E-state index in [2.05, 4.69) is 0 Å². The summed E-state index contributed by atoms with van der Waals surface area (Å²) in [5.41, 5.74) is 1.69. The van der Waals surface area contributed by atoms with Crippen LogP contribution >= 0.6 is 0 Å². The molecule has 1 N–H and O–H groups in total. The second-order valence-corrected chi connectivity index (χ2v) is 6.15. The van der Waals surface area contributed by atoms with Gasteiger partial charge in [0.25, 0.3) is 0 Å². The first-order valence-electron chi connectivity index (χ1n) is 7.99. The molecule has 1 heterocycles. The van der Waals surface area contributed by atoms with Crippen LogP contribution in [0.1, 0.15) is 43.6 Å². The van der Waals surface area contributed by atoms with Crippen LogP contribution in [0, 0.1) is 0 Å². The summed E-state index contributed by atoms with van der Waals surface area (Å²) in [6.07, 6.45) is 5.37. The molecule has 1 saturated heterocycles. The number of amides is 1. The number of phenols is 1. The molecule has 22 heavy (non-hydrogen) atoms. The molecule has 1 unspecified atom stereocenters. The predicted molar refractivity (Wildman–Crippen MR) is 83.4 cm³/mol. The summed E-state index contributed by atoms with van der Waals surface area (Å²) >= 11 is 0. The molecule has 0 spiro atoms. The number of anilines is 1. The largest absolute Gasteiger partial charge is 0.508 e. The van der Waals surface area contributed by atoms with Crippen LogP contribution < -0.4 is 4.90 Å². The van der Waals surface area contributed by atoms with E-state index in [9.17, 15) is 9.90 Å². The molecule has 1 aliphatic heterocycles. The molecule has 1 aromatic carbocycles. The average molecular weight is 305 g/mol. The zero-order chi connectivity index (χ0) is 15.5. The third-order valence-electron chi connectivity index (χ3n) is 4.60. The molecule has 0 radical (unpaired) electrons. The van der Waals surface area contributed by atoms with Gasteiger partial charge in [-0.1, -0.05) is 25.3 Å². The molecule has 5 nitrogen and oxygen atoms in total. The van der Waals surface area contributed by atoms with Gasteiger partial charge in [-0.15, -0.1) is 0 Å². The molecule has 1 aliphatic carbocycles. The highest BCUT2D eigenvalue weighted by Gasteiger charge is 2.32. The van der Waals surface area contributed by atoms with Crippen molar-refractivity contribution in [2.24, 2.45) is 0 Å². The number of ether oxygens (including phenoxy) is 2. The SMILES string of the molecule is COCC1CN(c2ccc(C3CCCCC3)c(O)c2)C(=O)O1. The van der Waals surface area contributed by atoms with E-state index in [1.807, 2.05) is 12.1 Å². The van der Waals surface area contributed by atoms with Crippen LogP contribution in [-0.2, 0) is 9.47 Å². The van der Waals surface area contributed by atoms with Gasteiger partial charge in [-0.2, -0.15) is 0 Å². The first kappa shape index (κ1) is 15.2. The number of rotatable bonds is 4. The number of hydrogen-bond donors (Lipinski definition) is 1. The summed E-state index contributed by atoms with van der Waals surface area (Å²) in [6, 6.07) is 5.54. The van der Waals surface area contributed by atoms with Crippen molar-refractivity contribution in [2.45, 2.75) is 44.1 Å². The van der Waals surface area contributed by atoms with E-state index < -0.39 is 0 Å². The Hall–Kier alpha value is -1.75. The van der Waals surface area contributed by atoms with Crippen LogP contribution in [-0.4, -0.2) is 37.6 Å².